The quantitative estimate of drug-likeness (QED) is 0.665. The SMILES string of the molecule is Nc1ccccc1C(O)CN1CCNC(=O)CC1. The third-order valence-corrected chi connectivity index (χ3v) is 3.19. The molecule has 1 amide bonds. The van der Waals surface area contributed by atoms with E-state index in [9.17, 15) is 9.90 Å². The summed E-state index contributed by atoms with van der Waals surface area (Å²) in [5, 5.41) is 13.0. The summed E-state index contributed by atoms with van der Waals surface area (Å²) in [5.41, 5.74) is 7.19. The average Bonchev–Trinajstić information content (AvgIpc) is 2.55. The molecule has 1 unspecified atom stereocenters. The van der Waals surface area contributed by atoms with Gasteiger partial charge in [-0.3, -0.25) is 9.69 Å². The van der Waals surface area contributed by atoms with Gasteiger partial charge in [0.1, 0.15) is 0 Å². The van der Waals surface area contributed by atoms with E-state index in [1.54, 1.807) is 6.07 Å². The summed E-state index contributed by atoms with van der Waals surface area (Å²) in [6.45, 7) is 2.57. The Morgan fingerprint density at radius 3 is 2.94 bits per heavy atom. The number of nitrogens with two attached hydrogens (primary N) is 1. The van der Waals surface area contributed by atoms with Crippen LogP contribution in [0.4, 0.5) is 5.69 Å². The van der Waals surface area contributed by atoms with Crippen LogP contribution in [0.15, 0.2) is 24.3 Å². The van der Waals surface area contributed by atoms with Gasteiger partial charge in [0.05, 0.1) is 6.10 Å². The van der Waals surface area contributed by atoms with E-state index in [1.165, 1.54) is 0 Å². The van der Waals surface area contributed by atoms with Crippen molar-refractivity contribution in [3.63, 3.8) is 0 Å². The van der Waals surface area contributed by atoms with Crippen LogP contribution >= 0.6 is 0 Å². The summed E-state index contributed by atoms with van der Waals surface area (Å²) < 4.78 is 0. The molecule has 98 valence electrons. The van der Waals surface area contributed by atoms with Crippen molar-refractivity contribution in [1.82, 2.24) is 10.2 Å². The number of anilines is 1. The number of hydrogen-bond acceptors (Lipinski definition) is 4. The summed E-state index contributed by atoms with van der Waals surface area (Å²) in [6, 6.07) is 7.33. The zero-order valence-corrected chi connectivity index (χ0v) is 10.3. The lowest BCUT2D eigenvalue weighted by molar-refractivity contribution is -0.120. The Labute approximate surface area is 107 Å². The summed E-state index contributed by atoms with van der Waals surface area (Å²) in [7, 11) is 0. The highest BCUT2D eigenvalue weighted by Gasteiger charge is 2.18. The van der Waals surface area contributed by atoms with Crippen LogP contribution in [0.3, 0.4) is 0 Å². The number of β-amino-alcohol motifs (C(OH)–C–C–N with tert-alkyl or cyclic N) is 1. The van der Waals surface area contributed by atoms with E-state index in [2.05, 4.69) is 10.2 Å². The van der Waals surface area contributed by atoms with Crippen LogP contribution in [0.2, 0.25) is 0 Å². The molecule has 1 aliphatic heterocycles. The number of aliphatic hydroxyl groups is 1. The molecule has 18 heavy (non-hydrogen) atoms. The van der Waals surface area contributed by atoms with Crippen molar-refractivity contribution in [3.05, 3.63) is 29.8 Å². The predicted octanol–water partition coefficient (Wildman–Crippen LogP) is 0.124. The standard InChI is InChI=1S/C13H19N3O2/c14-11-4-2-1-3-10(11)12(17)9-16-7-5-13(18)15-6-8-16/h1-4,12,17H,5-9,14H2,(H,15,18). The molecular weight excluding hydrogens is 230 g/mol. The van der Waals surface area contributed by atoms with Gasteiger partial charge in [0.2, 0.25) is 5.91 Å². The highest BCUT2D eigenvalue weighted by atomic mass is 16.3. The summed E-state index contributed by atoms with van der Waals surface area (Å²) >= 11 is 0. The lowest BCUT2D eigenvalue weighted by atomic mass is 10.1. The topological polar surface area (TPSA) is 78.6 Å². The first-order valence-corrected chi connectivity index (χ1v) is 6.18. The van der Waals surface area contributed by atoms with Crippen molar-refractivity contribution >= 4 is 11.6 Å². The predicted molar refractivity (Wildman–Crippen MR) is 69.9 cm³/mol. The van der Waals surface area contributed by atoms with Crippen LogP contribution in [0.5, 0.6) is 0 Å². The fourth-order valence-corrected chi connectivity index (χ4v) is 2.15. The molecule has 1 saturated heterocycles. The second-order valence-electron chi connectivity index (χ2n) is 4.55. The third kappa shape index (κ3) is 3.21. The molecule has 0 spiro atoms. The molecule has 5 heteroatoms. The highest BCUT2D eigenvalue weighted by Crippen LogP contribution is 2.20. The van der Waals surface area contributed by atoms with Crippen molar-refractivity contribution < 1.29 is 9.90 Å². The number of nitrogens with zero attached hydrogens (tertiary/aromatic N) is 1. The second-order valence-corrected chi connectivity index (χ2v) is 4.55. The number of rotatable bonds is 3. The number of carbonyl (C=O) groups excluding carboxylic acids is 1. The summed E-state index contributed by atoms with van der Waals surface area (Å²) in [4.78, 5) is 13.3. The van der Waals surface area contributed by atoms with Gasteiger partial charge in [-0.15, -0.1) is 0 Å². The zero-order chi connectivity index (χ0) is 13.0. The van der Waals surface area contributed by atoms with E-state index in [0.717, 1.165) is 12.1 Å². The van der Waals surface area contributed by atoms with E-state index in [1.807, 2.05) is 18.2 Å². The van der Waals surface area contributed by atoms with Crippen molar-refractivity contribution in [2.45, 2.75) is 12.5 Å². The number of para-hydroxylation sites is 1. The number of benzene rings is 1. The Hall–Kier alpha value is -1.59. The Balaban J connectivity index is 1.96. The maximum Gasteiger partial charge on any atom is 0.221 e. The number of hydrogen-bond donors (Lipinski definition) is 3. The molecule has 0 saturated carbocycles. The number of aliphatic hydroxyl groups excluding tert-OH is 1. The minimum absolute atomic E-state index is 0.0752. The molecule has 2 rings (SSSR count). The lowest BCUT2D eigenvalue weighted by Crippen LogP contribution is -2.32. The Bertz CT molecular complexity index is 422. The van der Waals surface area contributed by atoms with Crippen molar-refractivity contribution in [2.75, 3.05) is 31.9 Å². The number of amides is 1. The van der Waals surface area contributed by atoms with Crippen molar-refractivity contribution in [1.29, 1.82) is 0 Å². The largest absolute Gasteiger partial charge is 0.398 e. The number of nitrogen functional groups attached to an aromatic ring is 1. The van der Waals surface area contributed by atoms with Gasteiger partial charge in [-0.05, 0) is 6.07 Å². The van der Waals surface area contributed by atoms with Gasteiger partial charge in [0.15, 0.2) is 0 Å². The number of nitrogens with one attached hydrogen (secondary N) is 1. The summed E-state index contributed by atoms with van der Waals surface area (Å²) in [5.74, 6) is 0.0752. The fraction of sp³-hybridized carbons (Fsp3) is 0.462. The van der Waals surface area contributed by atoms with Crippen LogP contribution in [-0.2, 0) is 4.79 Å². The molecule has 5 nitrogen and oxygen atoms in total. The molecule has 1 aromatic carbocycles. The van der Waals surface area contributed by atoms with Crippen LogP contribution < -0.4 is 11.1 Å². The maximum atomic E-state index is 11.2. The van der Waals surface area contributed by atoms with E-state index in [4.69, 9.17) is 5.73 Å². The number of carbonyl (C=O) groups is 1. The first kappa shape index (κ1) is 12.9. The smallest absolute Gasteiger partial charge is 0.221 e. The van der Waals surface area contributed by atoms with Gasteiger partial charge < -0.3 is 16.2 Å². The Morgan fingerprint density at radius 2 is 2.17 bits per heavy atom. The van der Waals surface area contributed by atoms with Gasteiger partial charge in [0.25, 0.3) is 0 Å². The molecule has 1 heterocycles. The molecule has 0 aromatic heterocycles. The van der Waals surface area contributed by atoms with E-state index < -0.39 is 6.10 Å². The lowest BCUT2D eigenvalue weighted by Gasteiger charge is -2.23. The molecule has 1 aliphatic rings. The van der Waals surface area contributed by atoms with E-state index in [0.29, 0.717) is 31.7 Å². The first-order valence-electron chi connectivity index (χ1n) is 6.18. The monoisotopic (exact) mass is 249 g/mol. The van der Waals surface area contributed by atoms with Gasteiger partial charge in [-0.25, -0.2) is 0 Å². The van der Waals surface area contributed by atoms with Crippen molar-refractivity contribution in [3.8, 4) is 0 Å². The Morgan fingerprint density at radius 1 is 1.39 bits per heavy atom. The van der Waals surface area contributed by atoms with Crippen molar-refractivity contribution in [2.24, 2.45) is 0 Å². The summed E-state index contributed by atoms with van der Waals surface area (Å²) in [6.07, 6.45) is -0.129. The third-order valence-electron chi connectivity index (χ3n) is 3.19. The molecule has 4 N–H and O–H groups in total. The minimum atomic E-state index is -0.612. The molecule has 0 bridgehead atoms. The van der Waals surface area contributed by atoms with Gasteiger partial charge in [-0.2, -0.15) is 0 Å². The van der Waals surface area contributed by atoms with E-state index >= 15 is 0 Å². The molecule has 1 aromatic rings. The average molecular weight is 249 g/mol. The van der Waals surface area contributed by atoms with Gasteiger partial charge in [0, 0.05) is 43.9 Å². The zero-order valence-electron chi connectivity index (χ0n) is 10.3. The fourth-order valence-electron chi connectivity index (χ4n) is 2.15. The van der Waals surface area contributed by atoms with Crippen LogP contribution in [0.25, 0.3) is 0 Å². The Kier molecular flexibility index (Phi) is 4.17. The van der Waals surface area contributed by atoms with Crippen LogP contribution in [0.1, 0.15) is 18.1 Å². The molecule has 0 radical (unpaired) electrons. The first-order chi connectivity index (χ1) is 8.66. The molecule has 1 atom stereocenters. The van der Waals surface area contributed by atoms with Gasteiger partial charge >= 0.3 is 0 Å². The highest BCUT2D eigenvalue weighted by molar-refractivity contribution is 5.76. The van der Waals surface area contributed by atoms with Crippen LogP contribution in [-0.4, -0.2) is 42.1 Å². The van der Waals surface area contributed by atoms with E-state index in [-0.39, 0.29) is 5.91 Å². The normalized spacial score (nSPS) is 19.1. The second kappa shape index (κ2) is 5.84. The molecule has 0 aliphatic carbocycles. The minimum Gasteiger partial charge on any atom is -0.398 e. The van der Waals surface area contributed by atoms with Crippen LogP contribution in [0, 0.1) is 0 Å². The van der Waals surface area contributed by atoms with Gasteiger partial charge in [-0.1, -0.05) is 18.2 Å². The molecular formula is C13H19N3O2. The molecule has 1 fully saturated rings. The maximum absolute atomic E-state index is 11.2.